The number of hydrogen-bond donors (Lipinski definition) is 1. The molecule has 13 heavy (non-hydrogen) atoms. The van der Waals surface area contributed by atoms with E-state index < -0.39 is 24.5 Å². The van der Waals surface area contributed by atoms with E-state index in [1.54, 1.807) is 6.92 Å². The number of amides is 1. The van der Waals surface area contributed by atoms with Crippen LogP contribution in [0.15, 0.2) is 0 Å². The van der Waals surface area contributed by atoms with E-state index in [-0.39, 0.29) is 0 Å². The summed E-state index contributed by atoms with van der Waals surface area (Å²) in [5.41, 5.74) is 0. The van der Waals surface area contributed by atoms with E-state index in [9.17, 15) is 18.7 Å². The molecule has 2 atom stereocenters. The van der Waals surface area contributed by atoms with Crippen molar-refractivity contribution in [2.45, 2.75) is 38.3 Å². The van der Waals surface area contributed by atoms with Crippen LogP contribution in [-0.2, 0) is 4.79 Å². The van der Waals surface area contributed by atoms with Crippen molar-refractivity contribution in [2.75, 3.05) is 6.54 Å². The van der Waals surface area contributed by atoms with Gasteiger partial charge in [-0.1, -0.05) is 0 Å². The van der Waals surface area contributed by atoms with Gasteiger partial charge in [-0.2, -0.15) is 8.78 Å². The normalized spacial score (nSPS) is 29.5. The van der Waals surface area contributed by atoms with E-state index >= 15 is 0 Å². The van der Waals surface area contributed by atoms with Crippen molar-refractivity contribution < 1.29 is 18.7 Å². The number of carbonyl (C=O) groups is 1. The van der Waals surface area contributed by atoms with E-state index in [4.69, 9.17) is 0 Å². The Bertz CT molecular complexity index is 199. The fourth-order valence-electron chi connectivity index (χ4n) is 1.56. The molecule has 0 aromatic heterocycles. The molecule has 0 aromatic carbocycles. The second-order valence-electron chi connectivity index (χ2n) is 3.28. The Balaban J connectivity index is 2.62. The zero-order valence-corrected chi connectivity index (χ0v) is 7.41. The minimum absolute atomic E-state index is 0.321. The molecule has 1 rings (SSSR count). The monoisotopic (exact) mass is 193 g/mol. The number of aliphatic hydroxyl groups is 1. The number of hydrogen-bond acceptors (Lipinski definition) is 2. The molecule has 1 amide bonds. The fourth-order valence-corrected chi connectivity index (χ4v) is 1.56. The number of piperidine rings is 1. The Kier molecular flexibility index (Phi) is 3.19. The third-order valence-electron chi connectivity index (χ3n) is 2.42. The predicted molar refractivity (Wildman–Crippen MR) is 42.4 cm³/mol. The summed E-state index contributed by atoms with van der Waals surface area (Å²) in [5.74, 6) is -1.17. The zero-order valence-electron chi connectivity index (χ0n) is 7.41. The smallest absolute Gasteiger partial charge is 0.315 e. The Morgan fingerprint density at radius 1 is 1.62 bits per heavy atom. The van der Waals surface area contributed by atoms with Crippen LogP contribution in [0.5, 0.6) is 0 Å². The fraction of sp³-hybridized carbons (Fsp3) is 0.875. The number of aliphatic hydroxyl groups excluding tert-OH is 1. The summed E-state index contributed by atoms with van der Waals surface area (Å²) in [4.78, 5) is 12.0. The third kappa shape index (κ3) is 2.15. The van der Waals surface area contributed by atoms with Gasteiger partial charge in [0.25, 0.3) is 5.91 Å². The molecule has 76 valence electrons. The molecule has 0 bridgehead atoms. The van der Waals surface area contributed by atoms with Crippen molar-refractivity contribution in [1.82, 2.24) is 4.90 Å². The molecular weight excluding hydrogens is 180 g/mol. The summed E-state index contributed by atoms with van der Waals surface area (Å²) in [6.45, 7) is 1.91. The summed E-state index contributed by atoms with van der Waals surface area (Å²) in [6, 6.07) is -0.491. The van der Waals surface area contributed by atoms with E-state index in [0.29, 0.717) is 19.4 Å². The lowest BCUT2D eigenvalue weighted by Crippen LogP contribution is -2.51. The molecule has 0 spiro atoms. The van der Waals surface area contributed by atoms with Gasteiger partial charge >= 0.3 is 6.43 Å². The highest BCUT2D eigenvalue weighted by Gasteiger charge is 2.33. The van der Waals surface area contributed by atoms with Gasteiger partial charge in [-0.3, -0.25) is 4.79 Å². The van der Waals surface area contributed by atoms with Gasteiger partial charge in [0.15, 0.2) is 0 Å². The van der Waals surface area contributed by atoms with E-state index in [1.165, 1.54) is 0 Å². The van der Waals surface area contributed by atoms with Crippen LogP contribution in [0, 0.1) is 0 Å². The number of likely N-dealkylation sites (tertiary alicyclic amines) is 1. The summed E-state index contributed by atoms with van der Waals surface area (Å²) in [7, 11) is 0. The van der Waals surface area contributed by atoms with E-state index in [2.05, 4.69) is 0 Å². The average Bonchev–Trinajstić information content (AvgIpc) is 2.08. The summed E-state index contributed by atoms with van der Waals surface area (Å²) in [5, 5.41) is 9.34. The van der Waals surface area contributed by atoms with Crippen LogP contribution in [0.4, 0.5) is 8.78 Å². The molecule has 1 aliphatic heterocycles. The largest absolute Gasteiger partial charge is 0.391 e. The first-order chi connectivity index (χ1) is 6.04. The highest BCUT2D eigenvalue weighted by molar-refractivity contribution is 5.79. The molecular formula is C8H13F2NO2. The van der Waals surface area contributed by atoms with Gasteiger partial charge in [-0.05, 0) is 19.8 Å². The van der Waals surface area contributed by atoms with Crippen molar-refractivity contribution in [3.63, 3.8) is 0 Å². The van der Waals surface area contributed by atoms with E-state index in [0.717, 1.165) is 4.90 Å². The Morgan fingerprint density at radius 2 is 2.23 bits per heavy atom. The molecule has 1 saturated heterocycles. The number of carbonyl (C=O) groups excluding carboxylic acids is 1. The standard InChI is InChI=1S/C8H13F2NO2/c1-5-6(12)3-2-4-11(5)8(13)7(9)10/h5-7,12H,2-4H2,1H3. The predicted octanol–water partition coefficient (Wildman–Crippen LogP) is 0.623. The van der Waals surface area contributed by atoms with Gasteiger partial charge in [-0.25, -0.2) is 0 Å². The maximum absolute atomic E-state index is 12.0. The molecule has 0 saturated carbocycles. The highest BCUT2D eigenvalue weighted by atomic mass is 19.3. The van der Waals surface area contributed by atoms with Crippen LogP contribution in [0.2, 0.25) is 0 Å². The molecule has 5 heteroatoms. The highest BCUT2D eigenvalue weighted by Crippen LogP contribution is 2.18. The molecule has 0 aromatic rings. The van der Waals surface area contributed by atoms with Crippen LogP contribution in [0.25, 0.3) is 0 Å². The molecule has 2 unspecified atom stereocenters. The van der Waals surface area contributed by atoms with Gasteiger partial charge in [0.1, 0.15) is 0 Å². The maximum Gasteiger partial charge on any atom is 0.315 e. The SMILES string of the molecule is CC1C(O)CCCN1C(=O)C(F)F. The average molecular weight is 193 g/mol. The lowest BCUT2D eigenvalue weighted by molar-refractivity contribution is -0.149. The molecule has 0 aliphatic carbocycles. The van der Waals surface area contributed by atoms with Crippen molar-refractivity contribution in [1.29, 1.82) is 0 Å². The lowest BCUT2D eigenvalue weighted by atomic mass is 10.0. The van der Waals surface area contributed by atoms with Gasteiger partial charge in [-0.15, -0.1) is 0 Å². The van der Waals surface area contributed by atoms with Crippen molar-refractivity contribution in [3.8, 4) is 0 Å². The summed E-state index contributed by atoms with van der Waals surface area (Å²) >= 11 is 0. The maximum atomic E-state index is 12.0. The van der Waals surface area contributed by atoms with Crippen LogP contribution in [0.1, 0.15) is 19.8 Å². The molecule has 1 fully saturated rings. The number of nitrogens with zero attached hydrogens (tertiary/aromatic N) is 1. The Labute approximate surface area is 75.3 Å². The Morgan fingerprint density at radius 3 is 2.77 bits per heavy atom. The second kappa shape index (κ2) is 4.00. The number of alkyl halides is 2. The number of halogens is 2. The third-order valence-corrected chi connectivity index (χ3v) is 2.42. The molecule has 1 heterocycles. The van der Waals surface area contributed by atoms with Gasteiger partial charge < -0.3 is 10.0 Å². The number of rotatable bonds is 1. The quantitative estimate of drug-likeness (QED) is 0.663. The van der Waals surface area contributed by atoms with Gasteiger partial charge in [0.2, 0.25) is 0 Å². The molecule has 0 radical (unpaired) electrons. The molecule has 1 aliphatic rings. The lowest BCUT2D eigenvalue weighted by Gasteiger charge is -2.36. The van der Waals surface area contributed by atoms with Crippen molar-refractivity contribution >= 4 is 5.91 Å². The first-order valence-electron chi connectivity index (χ1n) is 4.30. The molecule has 1 N–H and O–H groups in total. The van der Waals surface area contributed by atoms with Crippen LogP contribution >= 0.6 is 0 Å². The zero-order chi connectivity index (χ0) is 10.0. The summed E-state index contributed by atoms with van der Waals surface area (Å²) in [6.07, 6.45) is -2.47. The van der Waals surface area contributed by atoms with Crippen molar-refractivity contribution in [2.24, 2.45) is 0 Å². The van der Waals surface area contributed by atoms with Crippen LogP contribution in [0.3, 0.4) is 0 Å². The van der Waals surface area contributed by atoms with E-state index in [1.807, 2.05) is 0 Å². The minimum atomic E-state index is -2.97. The van der Waals surface area contributed by atoms with Crippen LogP contribution in [-0.4, -0.2) is 41.0 Å². The Hall–Kier alpha value is -0.710. The van der Waals surface area contributed by atoms with Crippen LogP contribution < -0.4 is 0 Å². The summed E-state index contributed by atoms with van der Waals surface area (Å²) < 4.78 is 24.1. The molecule has 3 nitrogen and oxygen atoms in total. The second-order valence-corrected chi connectivity index (χ2v) is 3.28. The van der Waals surface area contributed by atoms with Gasteiger partial charge in [0.05, 0.1) is 12.1 Å². The van der Waals surface area contributed by atoms with Gasteiger partial charge in [0, 0.05) is 6.54 Å². The van der Waals surface area contributed by atoms with Crippen molar-refractivity contribution in [3.05, 3.63) is 0 Å². The minimum Gasteiger partial charge on any atom is -0.391 e. The topological polar surface area (TPSA) is 40.5 Å². The first-order valence-corrected chi connectivity index (χ1v) is 4.30. The first kappa shape index (κ1) is 10.4.